The predicted molar refractivity (Wildman–Crippen MR) is 70.9 cm³/mol. The molecule has 0 spiro atoms. The van der Waals surface area contributed by atoms with E-state index in [1.165, 1.54) is 0 Å². The van der Waals surface area contributed by atoms with Crippen molar-refractivity contribution in [1.82, 2.24) is 9.97 Å². The van der Waals surface area contributed by atoms with E-state index in [9.17, 15) is 4.79 Å². The average molecular weight is 262 g/mol. The predicted octanol–water partition coefficient (Wildman–Crippen LogP) is 2.76. The van der Waals surface area contributed by atoms with E-state index < -0.39 is 5.97 Å². The van der Waals surface area contributed by atoms with Gasteiger partial charge in [0.15, 0.2) is 5.82 Å². The van der Waals surface area contributed by atoms with Crippen LogP contribution in [-0.4, -0.2) is 21.0 Å². The number of aliphatic carboxylic acids is 1. The second-order valence-corrected chi connectivity index (χ2v) is 4.98. The minimum absolute atomic E-state index is 0.0272. The number of thiophene rings is 1. The van der Waals surface area contributed by atoms with Gasteiger partial charge in [0.1, 0.15) is 0 Å². The normalized spacial score (nSPS) is 10.6. The Hall–Kier alpha value is -1.75. The third-order valence-electron chi connectivity index (χ3n) is 2.85. The maximum absolute atomic E-state index is 10.8. The number of rotatable bonds is 3. The Kier molecular flexibility index (Phi) is 3.43. The molecule has 0 saturated carbocycles. The summed E-state index contributed by atoms with van der Waals surface area (Å²) in [6.45, 7) is 5.68. The average Bonchev–Trinajstić information content (AvgIpc) is 2.69. The van der Waals surface area contributed by atoms with E-state index in [0.717, 1.165) is 22.5 Å². The van der Waals surface area contributed by atoms with Gasteiger partial charge in [-0.05, 0) is 31.7 Å². The first-order chi connectivity index (χ1) is 8.49. The van der Waals surface area contributed by atoms with Gasteiger partial charge in [-0.1, -0.05) is 0 Å². The van der Waals surface area contributed by atoms with Crippen molar-refractivity contribution in [3.05, 3.63) is 33.3 Å². The van der Waals surface area contributed by atoms with Gasteiger partial charge in [0.25, 0.3) is 0 Å². The van der Waals surface area contributed by atoms with Gasteiger partial charge in [0, 0.05) is 27.9 Å². The van der Waals surface area contributed by atoms with E-state index in [2.05, 4.69) is 15.3 Å². The van der Waals surface area contributed by atoms with Crippen molar-refractivity contribution in [2.45, 2.75) is 27.2 Å². The Bertz CT molecular complexity index is 582. The summed E-state index contributed by atoms with van der Waals surface area (Å²) >= 11 is 1.61. The maximum Gasteiger partial charge on any atom is 0.307 e. The Morgan fingerprint density at radius 3 is 2.28 bits per heavy atom. The molecule has 0 fully saturated rings. The molecule has 0 bridgehead atoms. The first kappa shape index (κ1) is 12.7. The number of aromatic nitrogens is 2. The Morgan fingerprint density at radius 2 is 1.83 bits per heavy atom. The zero-order valence-electron chi connectivity index (χ0n) is 10.5. The SMILES string of the molecule is Cc1cscc1-c1nc(C)c(CC(=O)O)c(C)n1. The summed E-state index contributed by atoms with van der Waals surface area (Å²) < 4.78 is 0. The number of carbonyl (C=O) groups is 1. The Morgan fingerprint density at radius 1 is 1.22 bits per heavy atom. The lowest BCUT2D eigenvalue weighted by Gasteiger charge is -2.09. The third-order valence-corrected chi connectivity index (χ3v) is 3.71. The summed E-state index contributed by atoms with van der Waals surface area (Å²) in [5.74, 6) is -0.179. The van der Waals surface area contributed by atoms with E-state index in [1.807, 2.05) is 26.2 Å². The number of carboxylic acids is 1. The minimum atomic E-state index is -0.857. The lowest BCUT2D eigenvalue weighted by Crippen LogP contribution is -2.08. The van der Waals surface area contributed by atoms with E-state index in [-0.39, 0.29) is 6.42 Å². The zero-order valence-corrected chi connectivity index (χ0v) is 11.3. The summed E-state index contributed by atoms with van der Waals surface area (Å²) in [5, 5.41) is 12.9. The molecule has 0 aliphatic carbocycles. The molecule has 0 amide bonds. The number of nitrogens with zero attached hydrogens (tertiary/aromatic N) is 2. The molecule has 0 aromatic carbocycles. The van der Waals surface area contributed by atoms with Crippen LogP contribution in [0, 0.1) is 20.8 Å². The van der Waals surface area contributed by atoms with Crippen LogP contribution in [0.2, 0.25) is 0 Å². The van der Waals surface area contributed by atoms with Gasteiger partial charge in [-0.15, -0.1) is 0 Å². The minimum Gasteiger partial charge on any atom is -0.481 e. The summed E-state index contributed by atoms with van der Waals surface area (Å²) in [6, 6.07) is 0. The molecule has 2 heterocycles. The molecule has 2 rings (SSSR count). The largest absolute Gasteiger partial charge is 0.481 e. The van der Waals surface area contributed by atoms with Gasteiger partial charge in [-0.2, -0.15) is 11.3 Å². The van der Waals surface area contributed by atoms with Crippen LogP contribution in [0.15, 0.2) is 10.8 Å². The fourth-order valence-electron chi connectivity index (χ4n) is 1.86. The summed E-state index contributed by atoms with van der Waals surface area (Å²) in [4.78, 5) is 19.6. The second-order valence-electron chi connectivity index (χ2n) is 4.24. The van der Waals surface area contributed by atoms with Gasteiger partial charge >= 0.3 is 5.97 Å². The smallest absolute Gasteiger partial charge is 0.307 e. The highest BCUT2D eigenvalue weighted by Crippen LogP contribution is 2.25. The van der Waals surface area contributed by atoms with Gasteiger partial charge in [-0.3, -0.25) is 4.79 Å². The van der Waals surface area contributed by atoms with Crippen molar-refractivity contribution in [3.8, 4) is 11.4 Å². The Labute approximate surface area is 109 Å². The van der Waals surface area contributed by atoms with Crippen molar-refractivity contribution >= 4 is 17.3 Å². The highest BCUT2D eigenvalue weighted by Gasteiger charge is 2.14. The van der Waals surface area contributed by atoms with E-state index >= 15 is 0 Å². The quantitative estimate of drug-likeness (QED) is 0.923. The van der Waals surface area contributed by atoms with Crippen molar-refractivity contribution < 1.29 is 9.90 Å². The van der Waals surface area contributed by atoms with Crippen LogP contribution in [0.4, 0.5) is 0 Å². The van der Waals surface area contributed by atoms with Crippen LogP contribution >= 0.6 is 11.3 Å². The zero-order chi connectivity index (χ0) is 13.3. The van der Waals surface area contributed by atoms with Crippen LogP contribution in [0.25, 0.3) is 11.4 Å². The molecule has 0 radical (unpaired) electrons. The second kappa shape index (κ2) is 4.86. The number of carboxylic acid groups (broad SMARTS) is 1. The van der Waals surface area contributed by atoms with Crippen LogP contribution in [0.5, 0.6) is 0 Å². The number of aryl methyl sites for hydroxylation is 3. The van der Waals surface area contributed by atoms with Crippen molar-refractivity contribution in [3.63, 3.8) is 0 Å². The molecule has 18 heavy (non-hydrogen) atoms. The molecular weight excluding hydrogens is 248 g/mol. The number of hydrogen-bond donors (Lipinski definition) is 1. The van der Waals surface area contributed by atoms with Gasteiger partial charge in [0.05, 0.1) is 6.42 Å². The standard InChI is InChI=1S/C13H14N2O2S/c1-7-5-18-6-11(7)13-14-8(2)10(4-12(16)17)9(3)15-13/h5-6H,4H2,1-3H3,(H,16,17). The van der Waals surface area contributed by atoms with Crippen molar-refractivity contribution in [1.29, 1.82) is 0 Å². The van der Waals surface area contributed by atoms with E-state index in [1.54, 1.807) is 11.3 Å². The lowest BCUT2D eigenvalue weighted by molar-refractivity contribution is -0.136. The van der Waals surface area contributed by atoms with Gasteiger partial charge in [-0.25, -0.2) is 9.97 Å². The first-order valence-electron chi connectivity index (χ1n) is 5.58. The van der Waals surface area contributed by atoms with Crippen molar-refractivity contribution in [2.75, 3.05) is 0 Å². The molecule has 2 aromatic heterocycles. The summed E-state index contributed by atoms with van der Waals surface area (Å²) in [5.41, 5.74) is 4.35. The topological polar surface area (TPSA) is 63.1 Å². The van der Waals surface area contributed by atoms with Gasteiger partial charge in [0.2, 0.25) is 0 Å². The monoisotopic (exact) mass is 262 g/mol. The molecular formula is C13H14N2O2S. The molecule has 0 saturated heterocycles. The number of hydrogen-bond acceptors (Lipinski definition) is 4. The van der Waals surface area contributed by atoms with Gasteiger partial charge < -0.3 is 5.11 Å². The van der Waals surface area contributed by atoms with Crippen molar-refractivity contribution in [2.24, 2.45) is 0 Å². The highest BCUT2D eigenvalue weighted by atomic mass is 32.1. The van der Waals surface area contributed by atoms with Crippen LogP contribution < -0.4 is 0 Å². The molecule has 94 valence electrons. The third kappa shape index (κ3) is 2.41. The fourth-order valence-corrected chi connectivity index (χ4v) is 2.68. The molecule has 0 aliphatic rings. The van der Waals surface area contributed by atoms with Crippen LogP contribution in [0.3, 0.4) is 0 Å². The molecule has 2 aromatic rings. The highest BCUT2D eigenvalue weighted by molar-refractivity contribution is 7.08. The molecule has 5 heteroatoms. The maximum atomic E-state index is 10.8. The summed E-state index contributed by atoms with van der Waals surface area (Å²) in [7, 11) is 0. The molecule has 0 aliphatic heterocycles. The lowest BCUT2D eigenvalue weighted by atomic mass is 10.1. The molecule has 1 N–H and O–H groups in total. The van der Waals surface area contributed by atoms with Crippen LogP contribution in [0.1, 0.15) is 22.5 Å². The molecule has 0 atom stereocenters. The fraction of sp³-hybridized carbons (Fsp3) is 0.308. The van der Waals surface area contributed by atoms with E-state index in [4.69, 9.17) is 5.11 Å². The van der Waals surface area contributed by atoms with E-state index in [0.29, 0.717) is 11.4 Å². The molecule has 0 unspecified atom stereocenters. The molecule has 4 nitrogen and oxygen atoms in total. The first-order valence-corrected chi connectivity index (χ1v) is 6.52. The summed E-state index contributed by atoms with van der Waals surface area (Å²) in [6.07, 6.45) is -0.0272. The Balaban J connectivity index is 2.49. The van der Waals surface area contributed by atoms with Crippen LogP contribution in [-0.2, 0) is 11.2 Å².